The molecule has 2 atom stereocenters. The van der Waals surface area contributed by atoms with Gasteiger partial charge in [-0.3, -0.25) is 0 Å². The Morgan fingerprint density at radius 1 is 0.958 bits per heavy atom. The van der Waals surface area contributed by atoms with Gasteiger partial charge in [-0.1, -0.05) is 40.0 Å². The monoisotopic (exact) mass is 337 g/mol. The van der Waals surface area contributed by atoms with Crippen molar-refractivity contribution in [3.8, 4) is 0 Å². The van der Waals surface area contributed by atoms with E-state index < -0.39 is 0 Å². The summed E-state index contributed by atoms with van der Waals surface area (Å²) in [5.41, 5.74) is 0. The van der Waals surface area contributed by atoms with Crippen molar-refractivity contribution in [2.45, 2.75) is 103 Å². The lowest BCUT2D eigenvalue weighted by Gasteiger charge is -2.48. The van der Waals surface area contributed by atoms with E-state index in [4.69, 9.17) is 0 Å². The fourth-order valence-corrected chi connectivity index (χ4v) is 4.55. The molecule has 2 fully saturated rings. The van der Waals surface area contributed by atoms with Gasteiger partial charge in [-0.05, 0) is 58.0 Å². The molecule has 2 aliphatic heterocycles. The first-order chi connectivity index (χ1) is 11.7. The van der Waals surface area contributed by atoms with Gasteiger partial charge in [-0.2, -0.15) is 0 Å². The number of unbranched alkanes of at least 4 members (excludes halogenated alkanes) is 2. The zero-order chi connectivity index (χ0) is 17.4. The fraction of sp³-hybridized carbons (Fsp3) is 0.950. The van der Waals surface area contributed by atoms with Crippen LogP contribution in [-0.2, 0) is 0 Å². The predicted octanol–water partition coefficient (Wildman–Crippen LogP) is 4.39. The van der Waals surface area contributed by atoms with Crippen LogP contribution in [0.3, 0.4) is 0 Å². The SMILES string of the molecule is CCCCCNC(=O)N1C(CC)CC(N2CCCCC2)CC1CC. The van der Waals surface area contributed by atoms with Crippen LogP contribution in [-0.4, -0.2) is 53.6 Å². The molecule has 24 heavy (non-hydrogen) atoms. The van der Waals surface area contributed by atoms with Crippen LogP contribution in [0.1, 0.15) is 85.0 Å². The van der Waals surface area contributed by atoms with E-state index in [1.165, 1.54) is 45.2 Å². The van der Waals surface area contributed by atoms with Gasteiger partial charge in [0.1, 0.15) is 0 Å². The van der Waals surface area contributed by atoms with Crippen molar-refractivity contribution in [3.05, 3.63) is 0 Å². The number of nitrogens with zero attached hydrogens (tertiary/aromatic N) is 2. The molecule has 2 rings (SSSR count). The lowest BCUT2D eigenvalue weighted by atomic mass is 9.87. The van der Waals surface area contributed by atoms with E-state index in [-0.39, 0.29) is 6.03 Å². The summed E-state index contributed by atoms with van der Waals surface area (Å²) >= 11 is 0. The summed E-state index contributed by atoms with van der Waals surface area (Å²) in [7, 11) is 0. The molecule has 0 saturated carbocycles. The second kappa shape index (κ2) is 10.3. The van der Waals surface area contributed by atoms with Crippen molar-refractivity contribution in [1.82, 2.24) is 15.1 Å². The number of hydrogen-bond donors (Lipinski definition) is 1. The molecule has 140 valence electrons. The molecule has 0 aromatic carbocycles. The minimum absolute atomic E-state index is 0.182. The second-order valence-electron chi connectivity index (χ2n) is 7.69. The maximum absolute atomic E-state index is 12.8. The largest absolute Gasteiger partial charge is 0.338 e. The zero-order valence-corrected chi connectivity index (χ0v) is 16.2. The van der Waals surface area contributed by atoms with E-state index >= 15 is 0 Å². The van der Waals surface area contributed by atoms with E-state index in [1.807, 2.05) is 0 Å². The van der Waals surface area contributed by atoms with Crippen LogP contribution in [0.4, 0.5) is 4.79 Å². The average molecular weight is 338 g/mol. The molecule has 2 aliphatic rings. The van der Waals surface area contributed by atoms with Crippen LogP contribution in [0.2, 0.25) is 0 Å². The topological polar surface area (TPSA) is 35.6 Å². The number of piperidine rings is 2. The molecule has 0 radical (unpaired) electrons. The number of urea groups is 1. The van der Waals surface area contributed by atoms with Gasteiger partial charge in [-0.25, -0.2) is 4.79 Å². The molecule has 2 saturated heterocycles. The number of likely N-dealkylation sites (tertiary alicyclic amines) is 2. The molecule has 2 unspecified atom stereocenters. The average Bonchev–Trinajstić information content (AvgIpc) is 2.64. The summed E-state index contributed by atoms with van der Waals surface area (Å²) in [6.45, 7) is 10.0. The van der Waals surface area contributed by atoms with E-state index in [2.05, 4.69) is 35.9 Å². The Hall–Kier alpha value is -0.770. The second-order valence-corrected chi connectivity index (χ2v) is 7.69. The maximum atomic E-state index is 12.8. The highest BCUT2D eigenvalue weighted by molar-refractivity contribution is 5.75. The number of rotatable bonds is 7. The van der Waals surface area contributed by atoms with Gasteiger partial charge < -0.3 is 15.1 Å². The van der Waals surface area contributed by atoms with Crippen molar-refractivity contribution in [1.29, 1.82) is 0 Å². The highest BCUT2D eigenvalue weighted by Crippen LogP contribution is 2.31. The van der Waals surface area contributed by atoms with E-state index in [9.17, 15) is 4.79 Å². The highest BCUT2D eigenvalue weighted by Gasteiger charge is 2.38. The van der Waals surface area contributed by atoms with E-state index in [1.54, 1.807) is 0 Å². The molecular formula is C20H39N3O. The van der Waals surface area contributed by atoms with Gasteiger partial charge in [-0.15, -0.1) is 0 Å². The Labute approximate surface area is 149 Å². The Balaban J connectivity index is 1.95. The summed E-state index contributed by atoms with van der Waals surface area (Å²) in [4.78, 5) is 17.7. The van der Waals surface area contributed by atoms with E-state index in [0.717, 1.165) is 38.6 Å². The molecule has 0 aromatic rings. The van der Waals surface area contributed by atoms with Crippen LogP contribution in [0.5, 0.6) is 0 Å². The van der Waals surface area contributed by atoms with Crippen molar-refractivity contribution in [2.24, 2.45) is 0 Å². The highest BCUT2D eigenvalue weighted by atomic mass is 16.2. The van der Waals surface area contributed by atoms with Crippen molar-refractivity contribution < 1.29 is 4.79 Å². The number of amides is 2. The summed E-state index contributed by atoms with van der Waals surface area (Å²) in [5.74, 6) is 0. The molecule has 2 heterocycles. The molecule has 0 aromatic heterocycles. The third kappa shape index (κ3) is 5.11. The van der Waals surface area contributed by atoms with Crippen LogP contribution < -0.4 is 5.32 Å². The Morgan fingerprint density at radius 2 is 1.58 bits per heavy atom. The molecule has 0 spiro atoms. The predicted molar refractivity (Wildman–Crippen MR) is 101 cm³/mol. The summed E-state index contributed by atoms with van der Waals surface area (Å²) in [5, 5.41) is 3.18. The fourth-order valence-electron chi connectivity index (χ4n) is 4.55. The molecule has 0 aliphatic carbocycles. The zero-order valence-electron chi connectivity index (χ0n) is 16.2. The minimum atomic E-state index is 0.182. The molecule has 0 bridgehead atoms. The Bertz CT molecular complexity index is 354. The number of nitrogens with one attached hydrogen (secondary N) is 1. The summed E-state index contributed by atoms with van der Waals surface area (Å²) in [6, 6.07) is 1.68. The van der Waals surface area contributed by atoms with Gasteiger partial charge in [0.05, 0.1) is 0 Å². The summed E-state index contributed by atoms with van der Waals surface area (Å²) in [6.07, 6.45) is 12.1. The normalized spacial score (nSPS) is 28.8. The smallest absolute Gasteiger partial charge is 0.317 e. The molecular weight excluding hydrogens is 298 g/mol. The van der Waals surface area contributed by atoms with Crippen LogP contribution in [0.25, 0.3) is 0 Å². The van der Waals surface area contributed by atoms with Gasteiger partial charge in [0.25, 0.3) is 0 Å². The first-order valence-electron chi connectivity index (χ1n) is 10.5. The maximum Gasteiger partial charge on any atom is 0.317 e. The third-order valence-electron chi connectivity index (χ3n) is 6.02. The van der Waals surface area contributed by atoms with Crippen LogP contribution in [0.15, 0.2) is 0 Å². The van der Waals surface area contributed by atoms with Gasteiger partial charge >= 0.3 is 6.03 Å². The molecule has 1 N–H and O–H groups in total. The summed E-state index contributed by atoms with van der Waals surface area (Å²) < 4.78 is 0. The quantitative estimate of drug-likeness (QED) is 0.699. The number of carbonyl (C=O) groups excluding carboxylic acids is 1. The molecule has 4 nitrogen and oxygen atoms in total. The lowest BCUT2D eigenvalue weighted by molar-refractivity contribution is 0.0341. The number of hydrogen-bond acceptors (Lipinski definition) is 2. The van der Waals surface area contributed by atoms with Gasteiger partial charge in [0, 0.05) is 24.7 Å². The van der Waals surface area contributed by atoms with Crippen molar-refractivity contribution >= 4 is 6.03 Å². The number of carbonyl (C=O) groups is 1. The van der Waals surface area contributed by atoms with Gasteiger partial charge in [0.2, 0.25) is 0 Å². The van der Waals surface area contributed by atoms with E-state index in [0.29, 0.717) is 18.1 Å². The third-order valence-corrected chi connectivity index (χ3v) is 6.02. The Morgan fingerprint density at radius 3 is 2.12 bits per heavy atom. The Kier molecular flexibility index (Phi) is 8.37. The van der Waals surface area contributed by atoms with Crippen LogP contribution >= 0.6 is 0 Å². The minimum Gasteiger partial charge on any atom is -0.338 e. The molecule has 2 amide bonds. The van der Waals surface area contributed by atoms with Gasteiger partial charge in [0.15, 0.2) is 0 Å². The van der Waals surface area contributed by atoms with Crippen molar-refractivity contribution in [3.63, 3.8) is 0 Å². The van der Waals surface area contributed by atoms with Crippen molar-refractivity contribution in [2.75, 3.05) is 19.6 Å². The lowest BCUT2D eigenvalue weighted by Crippen LogP contribution is -2.59. The molecule has 4 heteroatoms. The first kappa shape index (κ1) is 19.6. The standard InChI is InChI=1S/C20H39N3O/c1-4-7-9-12-21-20(24)23-17(5-2)15-19(16-18(23)6-3)22-13-10-8-11-14-22/h17-19H,4-16H2,1-3H3,(H,21,24). The van der Waals surface area contributed by atoms with Crippen LogP contribution in [0, 0.1) is 0 Å². The first-order valence-corrected chi connectivity index (χ1v) is 10.5.